The lowest BCUT2D eigenvalue weighted by molar-refractivity contribution is -0.131. The van der Waals surface area contributed by atoms with E-state index in [1.54, 1.807) is 0 Å². The third-order valence-corrected chi connectivity index (χ3v) is 3.47. The fourth-order valence-electron chi connectivity index (χ4n) is 2.57. The third kappa shape index (κ3) is 2.62. The molecule has 4 nitrogen and oxygen atoms in total. The standard InChI is InChI=1S/C12H21NO3/c1-2-13-11-8-16-7-10(11)12(14)9-4-3-5-15-6-9/h9-11,13H,2-8H2,1H3. The van der Waals surface area contributed by atoms with Gasteiger partial charge in [-0.3, -0.25) is 4.79 Å². The molecule has 3 atom stereocenters. The highest BCUT2D eigenvalue weighted by Crippen LogP contribution is 2.23. The fourth-order valence-corrected chi connectivity index (χ4v) is 2.57. The highest BCUT2D eigenvalue weighted by atomic mass is 16.5. The van der Waals surface area contributed by atoms with Gasteiger partial charge in [0.05, 0.1) is 25.7 Å². The van der Waals surface area contributed by atoms with Crippen LogP contribution in [0.3, 0.4) is 0 Å². The average molecular weight is 227 g/mol. The van der Waals surface area contributed by atoms with Crippen LogP contribution in [0.2, 0.25) is 0 Å². The second-order valence-electron chi connectivity index (χ2n) is 4.62. The van der Waals surface area contributed by atoms with E-state index in [-0.39, 0.29) is 17.9 Å². The Balaban J connectivity index is 1.91. The van der Waals surface area contributed by atoms with Gasteiger partial charge in [-0.05, 0) is 19.4 Å². The Morgan fingerprint density at radius 3 is 2.88 bits per heavy atom. The van der Waals surface area contributed by atoms with Gasteiger partial charge in [-0.25, -0.2) is 0 Å². The molecule has 0 radical (unpaired) electrons. The van der Waals surface area contributed by atoms with Crippen LogP contribution >= 0.6 is 0 Å². The zero-order chi connectivity index (χ0) is 11.4. The van der Waals surface area contributed by atoms with Crippen LogP contribution in [0.4, 0.5) is 0 Å². The number of rotatable bonds is 4. The molecule has 0 amide bonds. The largest absolute Gasteiger partial charge is 0.381 e. The monoisotopic (exact) mass is 227 g/mol. The van der Waals surface area contributed by atoms with E-state index >= 15 is 0 Å². The first-order valence-electron chi connectivity index (χ1n) is 6.25. The van der Waals surface area contributed by atoms with Crippen LogP contribution in [0.25, 0.3) is 0 Å². The van der Waals surface area contributed by atoms with E-state index in [9.17, 15) is 4.79 Å². The molecule has 0 aromatic rings. The molecule has 1 N–H and O–H groups in total. The van der Waals surface area contributed by atoms with E-state index in [2.05, 4.69) is 12.2 Å². The zero-order valence-corrected chi connectivity index (χ0v) is 9.91. The van der Waals surface area contributed by atoms with Crippen molar-refractivity contribution in [3.05, 3.63) is 0 Å². The SMILES string of the molecule is CCNC1COCC1C(=O)C1CCCOC1. The second kappa shape index (κ2) is 5.75. The van der Waals surface area contributed by atoms with Gasteiger partial charge in [-0.15, -0.1) is 0 Å². The van der Waals surface area contributed by atoms with Crippen molar-refractivity contribution >= 4 is 5.78 Å². The van der Waals surface area contributed by atoms with Gasteiger partial charge in [-0.1, -0.05) is 6.92 Å². The summed E-state index contributed by atoms with van der Waals surface area (Å²) >= 11 is 0. The van der Waals surface area contributed by atoms with Crippen molar-refractivity contribution in [1.82, 2.24) is 5.32 Å². The Labute approximate surface area is 96.7 Å². The maximum Gasteiger partial charge on any atom is 0.145 e. The van der Waals surface area contributed by atoms with Gasteiger partial charge in [0.25, 0.3) is 0 Å². The van der Waals surface area contributed by atoms with Crippen molar-refractivity contribution in [2.24, 2.45) is 11.8 Å². The van der Waals surface area contributed by atoms with Gasteiger partial charge < -0.3 is 14.8 Å². The van der Waals surface area contributed by atoms with Gasteiger partial charge >= 0.3 is 0 Å². The van der Waals surface area contributed by atoms with Crippen LogP contribution in [0.5, 0.6) is 0 Å². The van der Waals surface area contributed by atoms with Gasteiger partial charge in [0.1, 0.15) is 5.78 Å². The van der Waals surface area contributed by atoms with Crippen molar-refractivity contribution < 1.29 is 14.3 Å². The lowest BCUT2D eigenvalue weighted by atomic mass is 9.86. The number of ketones is 1. The highest BCUT2D eigenvalue weighted by molar-refractivity contribution is 5.84. The van der Waals surface area contributed by atoms with E-state index in [1.807, 2.05) is 0 Å². The van der Waals surface area contributed by atoms with Crippen molar-refractivity contribution in [1.29, 1.82) is 0 Å². The summed E-state index contributed by atoms with van der Waals surface area (Å²) in [5.41, 5.74) is 0. The van der Waals surface area contributed by atoms with E-state index in [1.165, 1.54) is 0 Å². The summed E-state index contributed by atoms with van der Waals surface area (Å²) in [7, 11) is 0. The molecule has 16 heavy (non-hydrogen) atoms. The molecule has 0 spiro atoms. The summed E-state index contributed by atoms with van der Waals surface area (Å²) in [6, 6.07) is 0.208. The lowest BCUT2D eigenvalue weighted by Crippen LogP contribution is -2.42. The summed E-state index contributed by atoms with van der Waals surface area (Å²) in [5, 5.41) is 3.33. The van der Waals surface area contributed by atoms with E-state index in [0.717, 1.165) is 26.0 Å². The van der Waals surface area contributed by atoms with Crippen molar-refractivity contribution in [2.45, 2.75) is 25.8 Å². The first-order chi connectivity index (χ1) is 7.83. The molecule has 2 rings (SSSR count). The molecule has 2 aliphatic rings. The fraction of sp³-hybridized carbons (Fsp3) is 0.917. The highest BCUT2D eigenvalue weighted by Gasteiger charge is 2.37. The topological polar surface area (TPSA) is 47.6 Å². The number of carbonyl (C=O) groups is 1. The summed E-state index contributed by atoms with van der Waals surface area (Å²) in [4.78, 5) is 12.3. The summed E-state index contributed by atoms with van der Waals surface area (Å²) in [5.74, 6) is 0.469. The Morgan fingerprint density at radius 1 is 1.31 bits per heavy atom. The summed E-state index contributed by atoms with van der Waals surface area (Å²) < 4.78 is 10.8. The minimum absolute atomic E-state index is 0.0339. The predicted octanol–water partition coefficient (Wildman–Crippen LogP) is 0.607. The normalized spacial score (nSPS) is 35.2. The number of ether oxygens (including phenoxy) is 2. The molecule has 92 valence electrons. The first kappa shape index (κ1) is 12.0. The van der Waals surface area contributed by atoms with Crippen LogP contribution < -0.4 is 5.32 Å². The maximum atomic E-state index is 12.3. The molecule has 4 heteroatoms. The van der Waals surface area contributed by atoms with E-state index < -0.39 is 0 Å². The Hall–Kier alpha value is -0.450. The van der Waals surface area contributed by atoms with Crippen LogP contribution in [-0.2, 0) is 14.3 Å². The zero-order valence-electron chi connectivity index (χ0n) is 9.91. The van der Waals surface area contributed by atoms with Gasteiger partial charge in [0.2, 0.25) is 0 Å². The molecule has 2 saturated heterocycles. The molecular formula is C12H21NO3. The molecule has 3 unspecified atom stereocenters. The molecule has 0 aliphatic carbocycles. The molecular weight excluding hydrogens is 206 g/mol. The molecule has 2 aliphatic heterocycles. The van der Waals surface area contributed by atoms with Crippen LogP contribution in [0, 0.1) is 11.8 Å². The summed E-state index contributed by atoms with van der Waals surface area (Å²) in [6.45, 7) is 5.60. The number of hydrogen-bond donors (Lipinski definition) is 1. The molecule has 0 aromatic heterocycles. The van der Waals surface area contributed by atoms with Crippen molar-refractivity contribution in [3.63, 3.8) is 0 Å². The number of hydrogen-bond acceptors (Lipinski definition) is 4. The molecule has 0 bridgehead atoms. The quantitative estimate of drug-likeness (QED) is 0.764. The van der Waals surface area contributed by atoms with E-state index in [0.29, 0.717) is 25.6 Å². The smallest absolute Gasteiger partial charge is 0.145 e. The minimum Gasteiger partial charge on any atom is -0.381 e. The van der Waals surface area contributed by atoms with Gasteiger partial charge in [-0.2, -0.15) is 0 Å². The number of Topliss-reactive ketones (excluding diaryl/α,β-unsaturated/α-hetero) is 1. The third-order valence-electron chi connectivity index (χ3n) is 3.47. The average Bonchev–Trinajstić information content (AvgIpc) is 2.78. The van der Waals surface area contributed by atoms with Crippen LogP contribution in [-0.4, -0.2) is 44.8 Å². The van der Waals surface area contributed by atoms with Crippen molar-refractivity contribution in [3.8, 4) is 0 Å². The lowest BCUT2D eigenvalue weighted by Gasteiger charge is -2.25. The Morgan fingerprint density at radius 2 is 2.19 bits per heavy atom. The van der Waals surface area contributed by atoms with E-state index in [4.69, 9.17) is 9.47 Å². The second-order valence-corrected chi connectivity index (χ2v) is 4.62. The molecule has 0 saturated carbocycles. The van der Waals surface area contributed by atoms with Crippen molar-refractivity contribution in [2.75, 3.05) is 33.0 Å². The Bertz CT molecular complexity index is 238. The first-order valence-corrected chi connectivity index (χ1v) is 6.25. The molecule has 0 aromatic carbocycles. The number of nitrogens with one attached hydrogen (secondary N) is 1. The minimum atomic E-state index is 0.0339. The van der Waals surface area contributed by atoms with Crippen LogP contribution in [0.1, 0.15) is 19.8 Å². The maximum absolute atomic E-state index is 12.3. The number of carbonyl (C=O) groups excluding carboxylic acids is 1. The molecule has 2 heterocycles. The molecule has 2 fully saturated rings. The Kier molecular flexibility index (Phi) is 4.32. The summed E-state index contributed by atoms with van der Waals surface area (Å²) in [6.07, 6.45) is 1.99. The number of likely N-dealkylation sites (N-methyl/N-ethyl adjacent to an activating group) is 1. The van der Waals surface area contributed by atoms with Gasteiger partial charge in [0.15, 0.2) is 0 Å². The van der Waals surface area contributed by atoms with Crippen LogP contribution in [0.15, 0.2) is 0 Å². The van der Waals surface area contributed by atoms with Gasteiger partial charge in [0, 0.05) is 18.6 Å². The predicted molar refractivity (Wildman–Crippen MR) is 60.3 cm³/mol.